The molecule has 3 N–H and O–H groups in total. The summed E-state index contributed by atoms with van der Waals surface area (Å²) in [5.41, 5.74) is 5.01. The average molecular weight is 224 g/mol. The molecule has 0 atom stereocenters. The lowest BCUT2D eigenvalue weighted by Gasteiger charge is -2.22. The number of amidine groups is 1. The van der Waals surface area contributed by atoms with Crippen molar-refractivity contribution >= 4 is 5.84 Å². The van der Waals surface area contributed by atoms with Gasteiger partial charge in [0, 0.05) is 12.0 Å². The second kappa shape index (κ2) is 6.55. The van der Waals surface area contributed by atoms with E-state index >= 15 is 0 Å². The number of hydrogen-bond acceptors (Lipinski definition) is 3. The van der Waals surface area contributed by atoms with E-state index in [1.807, 2.05) is 13.8 Å². The third-order valence-electron chi connectivity index (χ3n) is 2.14. The second-order valence-electron chi connectivity index (χ2n) is 3.94. The molecule has 0 aromatic carbocycles. The van der Waals surface area contributed by atoms with Crippen LogP contribution in [0.4, 0.5) is 8.78 Å². The largest absolute Gasteiger partial charge is 0.409 e. The predicted octanol–water partition coefficient (Wildman–Crippen LogP) is 1.82. The third kappa shape index (κ3) is 6.22. The van der Waals surface area contributed by atoms with Crippen LogP contribution in [-0.4, -0.2) is 30.7 Å². The first-order chi connectivity index (χ1) is 6.90. The zero-order valence-electron chi connectivity index (χ0n) is 9.04. The molecule has 0 aromatic rings. The Labute approximate surface area is 88.1 Å². The zero-order chi connectivity index (χ0) is 11.9. The Hall–Kier alpha value is -0.910. The Balaban J connectivity index is 3.67. The maximum absolute atomic E-state index is 11.7. The van der Waals surface area contributed by atoms with Crippen molar-refractivity contribution in [2.24, 2.45) is 16.3 Å². The van der Waals surface area contributed by atoms with Gasteiger partial charge in [-0.25, -0.2) is 8.78 Å². The fraction of sp³-hybridized carbons (Fsp3) is 0.889. The summed E-state index contributed by atoms with van der Waals surface area (Å²) in [6.07, 6.45) is -1.22. The quantitative estimate of drug-likeness (QED) is 0.228. The van der Waals surface area contributed by atoms with Crippen molar-refractivity contribution in [2.45, 2.75) is 33.1 Å². The van der Waals surface area contributed by atoms with Gasteiger partial charge in [-0.1, -0.05) is 19.0 Å². The first-order valence-corrected chi connectivity index (χ1v) is 4.74. The molecule has 4 nitrogen and oxygen atoms in total. The summed E-state index contributed by atoms with van der Waals surface area (Å²) in [7, 11) is 0. The maximum Gasteiger partial charge on any atom is 0.261 e. The molecule has 0 amide bonds. The van der Waals surface area contributed by atoms with E-state index in [1.54, 1.807) is 0 Å². The Morgan fingerprint density at radius 3 is 2.60 bits per heavy atom. The highest BCUT2D eigenvalue weighted by Gasteiger charge is 2.22. The molecule has 0 spiro atoms. The monoisotopic (exact) mass is 224 g/mol. The summed E-state index contributed by atoms with van der Waals surface area (Å²) < 4.78 is 28.1. The molecule has 0 aliphatic carbocycles. The van der Waals surface area contributed by atoms with E-state index in [4.69, 9.17) is 15.7 Å². The van der Waals surface area contributed by atoms with Gasteiger partial charge < -0.3 is 15.7 Å². The SMILES string of the molecule is CC(C)(CCCOCC(F)F)C(N)=NO. The van der Waals surface area contributed by atoms with E-state index in [0.717, 1.165) is 0 Å². The average Bonchev–Trinajstić information content (AvgIpc) is 2.15. The minimum atomic E-state index is -2.43. The lowest BCUT2D eigenvalue weighted by atomic mass is 9.87. The minimum Gasteiger partial charge on any atom is -0.409 e. The van der Waals surface area contributed by atoms with Crippen LogP contribution in [0.2, 0.25) is 0 Å². The second-order valence-corrected chi connectivity index (χ2v) is 3.94. The Morgan fingerprint density at radius 1 is 1.53 bits per heavy atom. The Bertz CT molecular complexity index is 208. The lowest BCUT2D eigenvalue weighted by molar-refractivity contribution is 0.0150. The van der Waals surface area contributed by atoms with Gasteiger partial charge >= 0.3 is 0 Å². The van der Waals surface area contributed by atoms with Gasteiger partial charge in [-0.3, -0.25) is 0 Å². The molecular weight excluding hydrogens is 206 g/mol. The van der Waals surface area contributed by atoms with Crippen LogP contribution in [0.1, 0.15) is 26.7 Å². The molecule has 0 aliphatic rings. The molecule has 0 aliphatic heterocycles. The number of ether oxygens (including phenoxy) is 1. The van der Waals surface area contributed by atoms with E-state index in [-0.39, 0.29) is 12.4 Å². The molecule has 0 heterocycles. The smallest absolute Gasteiger partial charge is 0.261 e. The number of alkyl halides is 2. The molecular formula is C9H18F2N2O2. The van der Waals surface area contributed by atoms with Crippen LogP contribution < -0.4 is 5.73 Å². The highest BCUT2D eigenvalue weighted by atomic mass is 19.3. The summed E-state index contributed by atoms with van der Waals surface area (Å²) in [5.74, 6) is 0.136. The summed E-state index contributed by atoms with van der Waals surface area (Å²) in [4.78, 5) is 0. The number of rotatable bonds is 7. The van der Waals surface area contributed by atoms with Gasteiger partial charge in [-0.05, 0) is 12.8 Å². The van der Waals surface area contributed by atoms with Crippen LogP contribution >= 0.6 is 0 Å². The molecule has 0 saturated carbocycles. The van der Waals surface area contributed by atoms with Crippen molar-refractivity contribution in [2.75, 3.05) is 13.2 Å². The lowest BCUT2D eigenvalue weighted by Crippen LogP contribution is -2.32. The first-order valence-electron chi connectivity index (χ1n) is 4.74. The van der Waals surface area contributed by atoms with Gasteiger partial charge in [0.2, 0.25) is 0 Å². The van der Waals surface area contributed by atoms with E-state index in [9.17, 15) is 8.78 Å². The van der Waals surface area contributed by atoms with Crippen LogP contribution in [0.5, 0.6) is 0 Å². The van der Waals surface area contributed by atoms with Gasteiger partial charge in [0.25, 0.3) is 6.43 Å². The molecule has 0 fully saturated rings. The van der Waals surface area contributed by atoms with Gasteiger partial charge in [0.05, 0.1) is 0 Å². The highest BCUT2D eigenvalue weighted by molar-refractivity contribution is 5.85. The fourth-order valence-electron chi connectivity index (χ4n) is 1.05. The third-order valence-corrected chi connectivity index (χ3v) is 2.14. The maximum atomic E-state index is 11.7. The van der Waals surface area contributed by atoms with E-state index in [0.29, 0.717) is 12.8 Å². The van der Waals surface area contributed by atoms with Crippen LogP contribution in [0.3, 0.4) is 0 Å². The standard InChI is InChI=1S/C9H18F2N2O2/c1-9(2,8(12)13-14)4-3-5-15-6-7(10)11/h7,14H,3-6H2,1-2H3,(H2,12,13). The molecule has 0 saturated heterocycles. The minimum absolute atomic E-state index is 0.136. The van der Waals surface area contributed by atoms with Crippen molar-refractivity contribution in [1.29, 1.82) is 0 Å². The van der Waals surface area contributed by atoms with Crippen LogP contribution in [-0.2, 0) is 4.74 Å². The van der Waals surface area contributed by atoms with Crippen LogP contribution in [0.15, 0.2) is 5.16 Å². The van der Waals surface area contributed by atoms with E-state index in [1.165, 1.54) is 0 Å². The molecule has 0 rings (SSSR count). The normalized spacial score (nSPS) is 13.5. The predicted molar refractivity (Wildman–Crippen MR) is 53.2 cm³/mol. The van der Waals surface area contributed by atoms with Crippen molar-refractivity contribution < 1.29 is 18.7 Å². The molecule has 90 valence electrons. The fourth-order valence-corrected chi connectivity index (χ4v) is 1.05. The number of nitrogens with two attached hydrogens (primary N) is 1. The Kier molecular flexibility index (Phi) is 6.15. The number of oxime groups is 1. The first kappa shape index (κ1) is 14.1. The van der Waals surface area contributed by atoms with Gasteiger partial charge in [0.15, 0.2) is 0 Å². The van der Waals surface area contributed by atoms with Crippen molar-refractivity contribution in [3.05, 3.63) is 0 Å². The number of halogens is 2. The summed E-state index contributed by atoms with van der Waals surface area (Å²) in [6, 6.07) is 0. The van der Waals surface area contributed by atoms with Crippen molar-refractivity contribution in [1.82, 2.24) is 0 Å². The van der Waals surface area contributed by atoms with Crippen LogP contribution in [0, 0.1) is 5.41 Å². The molecule has 0 aromatic heterocycles. The summed E-state index contributed by atoms with van der Waals surface area (Å²) in [6.45, 7) is 3.35. The zero-order valence-corrected chi connectivity index (χ0v) is 9.04. The molecule has 6 heteroatoms. The van der Waals surface area contributed by atoms with Gasteiger partial charge in [-0.15, -0.1) is 0 Å². The number of nitrogens with zero attached hydrogens (tertiary/aromatic N) is 1. The van der Waals surface area contributed by atoms with Crippen molar-refractivity contribution in [3.8, 4) is 0 Å². The molecule has 0 unspecified atom stereocenters. The van der Waals surface area contributed by atoms with Gasteiger partial charge in [-0.2, -0.15) is 0 Å². The highest BCUT2D eigenvalue weighted by Crippen LogP contribution is 2.22. The molecule has 0 bridgehead atoms. The molecule has 15 heavy (non-hydrogen) atoms. The molecule has 0 radical (unpaired) electrons. The topological polar surface area (TPSA) is 67.8 Å². The summed E-state index contributed by atoms with van der Waals surface area (Å²) >= 11 is 0. The van der Waals surface area contributed by atoms with Crippen LogP contribution in [0.25, 0.3) is 0 Å². The number of hydrogen-bond donors (Lipinski definition) is 2. The summed E-state index contributed by atoms with van der Waals surface area (Å²) in [5, 5.41) is 11.4. The Morgan fingerprint density at radius 2 is 2.13 bits per heavy atom. The van der Waals surface area contributed by atoms with Crippen molar-refractivity contribution in [3.63, 3.8) is 0 Å². The van der Waals surface area contributed by atoms with E-state index < -0.39 is 18.4 Å². The van der Waals surface area contributed by atoms with Gasteiger partial charge in [0.1, 0.15) is 12.4 Å². The van der Waals surface area contributed by atoms with E-state index in [2.05, 4.69) is 5.16 Å².